The van der Waals surface area contributed by atoms with Crippen LogP contribution >= 0.6 is 23.1 Å². The highest BCUT2D eigenvalue weighted by molar-refractivity contribution is 7.99. The molecule has 124 valence electrons. The van der Waals surface area contributed by atoms with Gasteiger partial charge in [-0.05, 0) is 19.8 Å². The van der Waals surface area contributed by atoms with Gasteiger partial charge in [0, 0.05) is 22.7 Å². The molecule has 0 spiro atoms. The van der Waals surface area contributed by atoms with Crippen molar-refractivity contribution >= 4 is 29.0 Å². The fourth-order valence-corrected chi connectivity index (χ4v) is 4.14. The molecule has 1 aromatic carbocycles. The molecule has 1 amide bonds. The number of thioether (sulfide) groups is 1. The largest absolute Gasteiger partial charge is 0.355 e. The van der Waals surface area contributed by atoms with Gasteiger partial charge in [0.25, 0.3) is 0 Å². The van der Waals surface area contributed by atoms with Gasteiger partial charge in [-0.15, -0.1) is 23.1 Å². The second kappa shape index (κ2) is 8.50. The lowest BCUT2D eigenvalue weighted by molar-refractivity contribution is -0.120. The Labute approximate surface area is 146 Å². The molecule has 1 heterocycles. The summed E-state index contributed by atoms with van der Waals surface area (Å²) in [5.74, 6) is 1.43. The van der Waals surface area contributed by atoms with E-state index in [-0.39, 0.29) is 11.2 Å². The smallest absolute Gasteiger partial charge is 0.232 e. The lowest BCUT2D eigenvalue weighted by atomic mass is 10.2. The van der Waals surface area contributed by atoms with Gasteiger partial charge in [-0.3, -0.25) is 4.79 Å². The lowest BCUT2D eigenvalue weighted by Crippen LogP contribution is -2.33. The Morgan fingerprint density at radius 2 is 1.96 bits per heavy atom. The minimum Gasteiger partial charge on any atom is -0.355 e. The van der Waals surface area contributed by atoms with Crippen LogP contribution in [-0.4, -0.2) is 22.7 Å². The zero-order valence-corrected chi connectivity index (χ0v) is 15.8. The molecule has 0 bridgehead atoms. The van der Waals surface area contributed by atoms with Gasteiger partial charge in [0.1, 0.15) is 5.01 Å². The minimum absolute atomic E-state index is 0.0459. The average Bonchev–Trinajstić information content (AvgIpc) is 2.92. The first-order valence-corrected chi connectivity index (χ1v) is 9.75. The Balaban J connectivity index is 1.93. The molecule has 0 fully saturated rings. The summed E-state index contributed by atoms with van der Waals surface area (Å²) < 4.78 is 0. The Bertz CT molecular complexity index is 638. The molecule has 1 aromatic heterocycles. The van der Waals surface area contributed by atoms with Gasteiger partial charge < -0.3 is 5.32 Å². The van der Waals surface area contributed by atoms with Crippen LogP contribution in [0.3, 0.4) is 0 Å². The molecular formula is C18H24N2OS2. The summed E-state index contributed by atoms with van der Waals surface area (Å²) in [5.41, 5.74) is 2.22. The standard InChI is InChI=1S/C18H24N2OS2/c1-12(2)10-19-17(21)14(4)22-11-16-13(3)20-18(23-16)15-8-6-5-7-9-15/h5-9,12,14H,10-11H2,1-4H3,(H,19,21). The van der Waals surface area contributed by atoms with Crippen LogP contribution in [0, 0.1) is 12.8 Å². The highest BCUT2D eigenvalue weighted by atomic mass is 32.2. The number of carbonyl (C=O) groups excluding carboxylic acids is 1. The SMILES string of the molecule is Cc1nc(-c2ccccc2)sc1CSC(C)C(=O)NCC(C)C. The molecule has 2 rings (SSSR count). The third-order valence-corrected chi connectivity index (χ3v) is 5.99. The summed E-state index contributed by atoms with van der Waals surface area (Å²) in [6.45, 7) is 8.95. The summed E-state index contributed by atoms with van der Waals surface area (Å²) in [4.78, 5) is 18.0. The quantitative estimate of drug-likeness (QED) is 0.800. The lowest BCUT2D eigenvalue weighted by Gasteiger charge is -2.13. The number of aryl methyl sites for hydroxylation is 1. The van der Waals surface area contributed by atoms with E-state index in [4.69, 9.17) is 0 Å². The highest BCUT2D eigenvalue weighted by Gasteiger charge is 2.16. The van der Waals surface area contributed by atoms with E-state index in [1.54, 1.807) is 23.1 Å². The first-order valence-electron chi connectivity index (χ1n) is 7.88. The van der Waals surface area contributed by atoms with Gasteiger partial charge in [0.2, 0.25) is 5.91 Å². The van der Waals surface area contributed by atoms with Crippen LogP contribution in [0.1, 0.15) is 31.3 Å². The number of rotatable bonds is 7. The van der Waals surface area contributed by atoms with Gasteiger partial charge in [0.05, 0.1) is 10.9 Å². The molecule has 23 heavy (non-hydrogen) atoms. The van der Waals surface area contributed by atoms with E-state index in [1.165, 1.54) is 4.88 Å². The number of hydrogen-bond acceptors (Lipinski definition) is 4. The van der Waals surface area contributed by atoms with Crippen molar-refractivity contribution in [2.45, 2.75) is 38.7 Å². The number of nitrogens with one attached hydrogen (secondary N) is 1. The van der Waals surface area contributed by atoms with Gasteiger partial charge >= 0.3 is 0 Å². The second-order valence-electron chi connectivity index (χ2n) is 5.99. The van der Waals surface area contributed by atoms with Gasteiger partial charge in [0.15, 0.2) is 0 Å². The van der Waals surface area contributed by atoms with Crippen molar-refractivity contribution in [3.8, 4) is 10.6 Å². The minimum atomic E-state index is -0.0459. The van der Waals surface area contributed by atoms with E-state index < -0.39 is 0 Å². The van der Waals surface area contributed by atoms with Crippen molar-refractivity contribution in [1.29, 1.82) is 0 Å². The van der Waals surface area contributed by atoms with E-state index in [0.29, 0.717) is 5.92 Å². The van der Waals surface area contributed by atoms with Crippen LogP contribution in [0.2, 0.25) is 0 Å². The summed E-state index contributed by atoms with van der Waals surface area (Å²) >= 11 is 3.39. The molecule has 0 aliphatic rings. The Hall–Kier alpha value is -1.33. The highest BCUT2D eigenvalue weighted by Crippen LogP contribution is 2.31. The number of nitrogens with zero attached hydrogens (tertiary/aromatic N) is 1. The van der Waals surface area contributed by atoms with Crippen LogP contribution in [0.4, 0.5) is 0 Å². The first-order chi connectivity index (χ1) is 11.0. The van der Waals surface area contributed by atoms with Crippen molar-refractivity contribution in [1.82, 2.24) is 10.3 Å². The molecule has 1 N–H and O–H groups in total. The maximum absolute atomic E-state index is 12.0. The van der Waals surface area contributed by atoms with E-state index in [1.807, 2.05) is 32.0 Å². The summed E-state index contributed by atoms with van der Waals surface area (Å²) in [6, 6.07) is 10.2. The second-order valence-corrected chi connectivity index (χ2v) is 8.40. The summed E-state index contributed by atoms with van der Waals surface area (Å²) in [5, 5.41) is 4.00. The average molecular weight is 349 g/mol. The van der Waals surface area contributed by atoms with Crippen LogP contribution in [0.25, 0.3) is 10.6 Å². The van der Waals surface area contributed by atoms with E-state index in [2.05, 4.69) is 36.3 Å². The number of hydrogen-bond donors (Lipinski definition) is 1. The zero-order chi connectivity index (χ0) is 16.8. The molecule has 1 atom stereocenters. The Morgan fingerprint density at radius 1 is 1.26 bits per heavy atom. The molecule has 0 aliphatic heterocycles. The topological polar surface area (TPSA) is 42.0 Å². The van der Waals surface area contributed by atoms with Crippen LogP contribution in [0.15, 0.2) is 30.3 Å². The van der Waals surface area contributed by atoms with Crippen molar-refractivity contribution in [2.24, 2.45) is 5.92 Å². The fraction of sp³-hybridized carbons (Fsp3) is 0.444. The van der Waals surface area contributed by atoms with Crippen molar-refractivity contribution in [3.63, 3.8) is 0 Å². The van der Waals surface area contributed by atoms with Crippen molar-refractivity contribution in [3.05, 3.63) is 40.9 Å². The van der Waals surface area contributed by atoms with E-state index >= 15 is 0 Å². The number of thiazole rings is 1. The Morgan fingerprint density at radius 3 is 2.61 bits per heavy atom. The fourth-order valence-electron chi connectivity index (χ4n) is 1.99. The predicted octanol–water partition coefficient (Wildman–Crippen LogP) is 4.51. The number of carbonyl (C=O) groups is 1. The van der Waals surface area contributed by atoms with Crippen LogP contribution in [0.5, 0.6) is 0 Å². The molecule has 0 saturated carbocycles. The van der Waals surface area contributed by atoms with Gasteiger partial charge in [-0.2, -0.15) is 0 Å². The molecular weight excluding hydrogens is 324 g/mol. The number of aromatic nitrogens is 1. The van der Waals surface area contributed by atoms with Crippen LogP contribution in [-0.2, 0) is 10.5 Å². The Kier molecular flexibility index (Phi) is 6.66. The summed E-state index contributed by atoms with van der Waals surface area (Å²) in [7, 11) is 0. The number of benzene rings is 1. The van der Waals surface area contributed by atoms with Crippen molar-refractivity contribution < 1.29 is 4.79 Å². The zero-order valence-electron chi connectivity index (χ0n) is 14.1. The van der Waals surface area contributed by atoms with Crippen LogP contribution < -0.4 is 5.32 Å². The van der Waals surface area contributed by atoms with E-state index in [0.717, 1.165) is 28.6 Å². The number of amides is 1. The molecule has 0 aliphatic carbocycles. The third-order valence-electron chi connectivity index (χ3n) is 3.43. The van der Waals surface area contributed by atoms with Crippen molar-refractivity contribution in [2.75, 3.05) is 6.54 Å². The van der Waals surface area contributed by atoms with Gasteiger partial charge in [-0.25, -0.2) is 4.98 Å². The predicted molar refractivity (Wildman–Crippen MR) is 101 cm³/mol. The van der Waals surface area contributed by atoms with E-state index in [9.17, 15) is 4.79 Å². The normalized spacial score (nSPS) is 12.4. The third kappa shape index (κ3) is 5.36. The molecule has 0 saturated heterocycles. The molecule has 2 aromatic rings. The monoisotopic (exact) mass is 348 g/mol. The molecule has 5 heteroatoms. The maximum atomic E-state index is 12.0. The molecule has 3 nitrogen and oxygen atoms in total. The summed E-state index contributed by atoms with van der Waals surface area (Å²) in [6.07, 6.45) is 0. The molecule has 0 radical (unpaired) electrons. The first kappa shape index (κ1) is 18.0. The molecule has 1 unspecified atom stereocenters. The maximum Gasteiger partial charge on any atom is 0.232 e. The van der Waals surface area contributed by atoms with Gasteiger partial charge in [-0.1, -0.05) is 44.2 Å².